The zero-order valence-electron chi connectivity index (χ0n) is 11.9. The Morgan fingerprint density at radius 1 is 1.45 bits per heavy atom. The summed E-state index contributed by atoms with van der Waals surface area (Å²) in [6.07, 6.45) is 5.96. The van der Waals surface area contributed by atoms with Gasteiger partial charge in [0.15, 0.2) is 5.13 Å². The third-order valence-corrected chi connectivity index (χ3v) is 5.67. The third-order valence-electron chi connectivity index (χ3n) is 3.80. The summed E-state index contributed by atoms with van der Waals surface area (Å²) in [6, 6.07) is 0.686. The molecule has 20 heavy (non-hydrogen) atoms. The smallest absolute Gasteiger partial charge is 0.182 e. The Hall–Kier alpha value is -0.980. The van der Waals surface area contributed by atoms with Crippen molar-refractivity contribution in [3.05, 3.63) is 16.6 Å². The number of rotatable bonds is 4. The van der Waals surface area contributed by atoms with Crippen molar-refractivity contribution in [2.45, 2.75) is 38.8 Å². The Kier molecular flexibility index (Phi) is 4.33. The topological polar surface area (TPSA) is 41.1 Å². The van der Waals surface area contributed by atoms with Crippen LogP contribution in [0.15, 0.2) is 11.6 Å². The minimum atomic E-state index is 0.686. The standard InChI is InChI=1S/C14H20N4S2/c1-10-5-3-4-6-18(10)8-13-16-7-12(20-13)11-9-19-14(15-2)17-11/h7,9-10H,3-6,8H2,1-2H3,(H,15,17). The first-order chi connectivity index (χ1) is 9.76. The molecule has 1 unspecified atom stereocenters. The fourth-order valence-corrected chi connectivity index (χ4v) is 4.22. The van der Waals surface area contributed by atoms with Gasteiger partial charge in [-0.15, -0.1) is 22.7 Å². The highest BCUT2D eigenvalue weighted by Crippen LogP contribution is 2.30. The molecule has 0 saturated carbocycles. The van der Waals surface area contributed by atoms with Crippen LogP contribution in [0.25, 0.3) is 10.6 Å². The highest BCUT2D eigenvalue weighted by molar-refractivity contribution is 7.16. The highest BCUT2D eigenvalue weighted by atomic mass is 32.1. The van der Waals surface area contributed by atoms with Gasteiger partial charge in [-0.3, -0.25) is 4.90 Å². The minimum Gasteiger partial charge on any atom is -0.365 e. The van der Waals surface area contributed by atoms with Crippen molar-refractivity contribution in [1.82, 2.24) is 14.9 Å². The maximum absolute atomic E-state index is 4.58. The highest BCUT2D eigenvalue weighted by Gasteiger charge is 2.19. The Labute approximate surface area is 127 Å². The van der Waals surface area contributed by atoms with E-state index in [2.05, 4.69) is 32.5 Å². The molecule has 4 nitrogen and oxygen atoms in total. The van der Waals surface area contributed by atoms with E-state index < -0.39 is 0 Å². The van der Waals surface area contributed by atoms with E-state index in [1.54, 1.807) is 22.7 Å². The van der Waals surface area contributed by atoms with Crippen molar-refractivity contribution in [1.29, 1.82) is 0 Å². The lowest BCUT2D eigenvalue weighted by Crippen LogP contribution is -2.36. The van der Waals surface area contributed by atoms with Gasteiger partial charge in [-0.05, 0) is 26.3 Å². The molecule has 1 aliphatic heterocycles. The predicted octanol–water partition coefficient (Wildman–Crippen LogP) is 3.68. The van der Waals surface area contributed by atoms with Crippen LogP contribution in [-0.2, 0) is 6.54 Å². The second-order valence-corrected chi connectivity index (χ2v) is 7.19. The maximum Gasteiger partial charge on any atom is 0.182 e. The van der Waals surface area contributed by atoms with Gasteiger partial charge in [0.05, 0.1) is 17.1 Å². The first kappa shape index (κ1) is 14.0. The van der Waals surface area contributed by atoms with Crippen molar-refractivity contribution in [2.24, 2.45) is 0 Å². The number of nitrogens with zero attached hydrogens (tertiary/aromatic N) is 3. The van der Waals surface area contributed by atoms with Crippen LogP contribution in [0.1, 0.15) is 31.2 Å². The van der Waals surface area contributed by atoms with Gasteiger partial charge >= 0.3 is 0 Å². The number of thiazole rings is 2. The van der Waals surface area contributed by atoms with Gasteiger partial charge in [0.2, 0.25) is 0 Å². The summed E-state index contributed by atoms with van der Waals surface area (Å²) in [5, 5.41) is 7.33. The summed E-state index contributed by atoms with van der Waals surface area (Å²) >= 11 is 3.41. The Bertz CT molecular complexity index is 563. The van der Waals surface area contributed by atoms with E-state index in [-0.39, 0.29) is 0 Å². The number of nitrogens with one attached hydrogen (secondary N) is 1. The fraction of sp³-hybridized carbons (Fsp3) is 0.571. The van der Waals surface area contributed by atoms with Gasteiger partial charge < -0.3 is 5.32 Å². The largest absolute Gasteiger partial charge is 0.365 e. The van der Waals surface area contributed by atoms with Gasteiger partial charge in [0.1, 0.15) is 5.01 Å². The zero-order chi connectivity index (χ0) is 13.9. The molecule has 0 spiro atoms. The lowest BCUT2D eigenvalue weighted by atomic mass is 10.0. The van der Waals surface area contributed by atoms with Crippen LogP contribution >= 0.6 is 22.7 Å². The Balaban J connectivity index is 1.70. The van der Waals surface area contributed by atoms with Crippen LogP contribution in [0.4, 0.5) is 5.13 Å². The summed E-state index contributed by atoms with van der Waals surface area (Å²) in [6.45, 7) is 4.51. The summed E-state index contributed by atoms with van der Waals surface area (Å²) < 4.78 is 0. The summed E-state index contributed by atoms with van der Waals surface area (Å²) in [5.74, 6) is 0. The number of hydrogen-bond donors (Lipinski definition) is 1. The van der Waals surface area contributed by atoms with E-state index >= 15 is 0 Å². The number of hydrogen-bond acceptors (Lipinski definition) is 6. The SMILES string of the molecule is CNc1nc(-c2cnc(CN3CCCCC3C)s2)cs1. The molecule has 2 aromatic rings. The number of likely N-dealkylation sites (tertiary alicyclic amines) is 1. The number of aromatic nitrogens is 2. The predicted molar refractivity (Wildman–Crippen MR) is 86.5 cm³/mol. The lowest BCUT2D eigenvalue weighted by Gasteiger charge is -2.32. The van der Waals surface area contributed by atoms with Crippen LogP contribution < -0.4 is 5.32 Å². The molecule has 108 valence electrons. The minimum absolute atomic E-state index is 0.686. The molecule has 6 heteroatoms. The first-order valence-electron chi connectivity index (χ1n) is 7.08. The molecule has 0 aliphatic carbocycles. The van der Waals surface area contributed by atoms with Crippen LogP contribution in [0.5, 0.6) is 0 Å². The number of piperidine rings is 1. The molecule has 1 fully saturated rings. The van der Waals surface area contributed by atoms with Gasteiger partial charge in [-0.2, -0.15) is 0 Å². The average molecular weight is 308 g/mol. The second-order valence-electron chi connectivity index (χ2n) is 5.22. The Morgan fingerprint density at radius 3 is 3.10 bits per heavy atom. The summed E-state index contributed by atoms with van der Waals surface area (Å²) in [4.78, 5) is 12.8. The van der Waals surface area contributed by atoms with Gasteiger partial charge in [0, 0.05) is 24.7 Å². The zero-order valence-corrected chi connectivity index (χ0v) is 13.6. The molecule has 1 aliphatic rings. The monoisotopic (exact) mass is 308 g/mol. The third kappa shape index (κ3) is 3.02. The molecule has 3 rings (SSSR count). The van der Waals surface area contributed by atoms with E-state index in [0.717, 1.165) is 17.4 Å². The van der Waals surface area contributed by atoms with Crippen LogP contribution in [0.3, 0.4) is 0 Å². The molecule has 0 radical (unpaired) electrons. The van der Waals surface area contributed by atoms with Gasteiger partial charge in [0.25, 0.3) is 0 Å². The molecule has 1 saturated heterocycles. The molecule has 2 aromatic heterocycles. The quantitative estimate of drug-likeness (QED) is 0.935. The lowest BCUT2D eigenvalue weighted by molar-refractivity contribution is 0.152. The summed E-state index contributed by atoms with van der Waals surface area (Å²) in [7, 11) is 1.90. The molecule has 1 N–H and O–H groups in total. The molecular formula is C14H20N4S2. The molecule has 1 atom stereocenters. The first-order valence-corrected chi connectivity index (χ1v) is 8.78. The number of anilines is 1. The molecular weight excluding hydrogens is 288 g/mol. The van der Waals surface area contributed by atoms with Crippen LogP contribution in [0, 0.1) is 0 Å². The van der Waals surface area contributed by atoms with E-state index in [9.17, 15) is 0 Å². The van der Waals surface area contributed by atoms with Crippen molar-refractivity contribution in [2.75, 3.05) is 18.9 Å². The molecule has 0 bridgehead atoms. The molecule has 0 amide bonds. The van der Waals surface area contributed by atoms with Crippen LogP contribution in [-0.4, -0.2) is 34.5 Å². The van der Waals surface area contributed by atoms with Gasteiger partial charge in [-0.25, -0.2) is 9.97 Å². The van der Waals surface area contributed by atoms with Crippen molar-refractivity contribution < 1.29 is 0 Å². The fourth-order valence-electron chi connectivity index (χ4n) is 2.57. The van der Waals surface area contributed by atoms with Crippen LogP contribution in [0.2, 0.25) is 0 Å². The second kappa shape index (κ2) is 6.20. The summed E-state index contributed by atoms with van der Waals surface area (Å²) in [5.41, 5.74) is 1.04. The van der Waals surface area contributed by atoms with Gasteiger partial charge in [-0.1, -0.05) is 6.42 Å². The maximum atomic E-state index is 4.58. The molecule has 3 heterocycles. The average Bonchev–Trinajstić information content (AvgIpc) is 3.10. The molecule has 0 aromatic carbocycles. The van der Waals surface area contributed by atoms with Crippen molar-refractivity contribution >= 4 is 27.8 Å². The van der Waals surface area contributed by atoms with E-state index in [1.165, 1.54) is 35.7 Å². The van der Waals surface area contributed by atoms with E-state index in [0.29, 0.717) is 6.04 Å². The Morgan fingerprint density at radius 2 is 2.35 bits per heavy atom. The normalized spacial score (nSPS) is 20.2. The van der Waals surface area contributed by atoms with Crippen molar-refractivity contribution in [3.63, 3.8) is 0 Å². The van der Waals surface area contributed by atoms with E-state index in [1.807, 2.05) is 13.2 Å². The van der Waals surface area contributed by atoms with Crippen molar-refractivity contribution in [3.8, 4) is 10.6 Å². The van der Waals surface area contributed by atoms with E-state index in [4.69, 9.17) is 0 Å².